The lowest BCUT2D eigenvalue weighted by Crippen LogP contribution is -2.00. The minimum Gasteiger partial charge on any atom is -0.455 e. The number of benzene rings is 7. The molecule has 0 spiro atoms. The molecule has 0 aliphatic rings. The number of hydrogen-bond donors (Lipinski definition) is 0. The molecular weight excluding hydrogens is 681 g/mol. The quantitative estimate of drug-likeness (QED) is 0.178. The Bertz CT molecular complexity index is 3220. The molecule has 11 aromatic rings. The highest BCUT2D eigenvalue weighted by Crippen LogP contribution is 2.43. The molecule has 54 heavy (non-hydrogen) atoms. The highest BCUT2D eigenvalue weighted by molar-refractivity contribution is 7.26. The number of hydrogen-bond acceptors (Lipinski definition) is 6. The van der Waals surface area contributed by atoms with Crippen molar-refractivity contribution < 1.29 is 4.42 Å². The number of para-hydroxylation sites is 3. The maximum Gasteiger partial charge on any atom is 0.167 e. The van der Waals surface area contributed by atoms with E-state index in [0.717, 1.165) is 66.5 Å². The van der Waals surface area contributed by atoms with Gasteiger partial charge in [0, 0.05) is 53.0 Å². The summed E-state index contributed by atoms with van der Waals surface area (Å²) in [7, 11) is 0. The van der Waals surface area contributed by atoms with E-state index in [2.05, 4.69) is 109 Å². The largest absolute Gasteiger partial charge is 0.455 e. The Balaban J connectivity index is 1.02. The zero-order valence-corrected chi connectivity index (χ0v) is 29.6. The first-order valence-corrected chi connectivity index (χ1v) is 18.7. The predicted molar refractivity (Wildman–Crippen MR) is 222 cm³/mol. The number of aromatic nitrogens is 4. The van der Waals surface area contributed by atoms with Gasteiger partial charge in [0.05, 0.1) is 16.8 Å². The van der Waals surface area contributed by atoms with Crippen LogP contribution in [0.3, 0.4) is 0 Å². The standard InChI is InChI=1S/C48H28N4OS/c1-2-12-30(13-3-1)46-50-47(52-48(51-46)38-20-11-19-35-34-16-5-8-22-40(34)53-44(35)38)31-26-24-29(25-27-31)32-14-10-15-33(28-32)43-42-37-18-6-9-23-41(37)54-45(42)36-17-4-7-21-39(36)49-43/h1-28H. The molecule has 4 heterocycles. The second-order valence-corrected chi connectivity index (χ2v) is 14.4. The van der Waals surface area contributed by atoms with Crippen LogP contribution in [0.15, 0.2) is 174 Å². The maximum atomic E-state index is 6.39. The van der Waals surface area contributed by atoms with Crippen molar-refractivity contribution in [3.8, 4) is 56.5 Å². The Morgan fingerprint density at radius 2 is 1.02 bits per heavy atom. The zero-order valence-electron chi connectivity index (χ0n) is 28.8. The molecule has 0 amide bonds. The first kappa shape index (κ1) is 30.6. The highest BCUT2D eigenvalue weighted by Gasteiger charge is 2.19. The third-order valence-electron chi connectivity index (χ3n) is 10.1. The number of nitrogens with zero attached hydrogens (tertiary/aromatic N) is 4. The molecule has 5 nitrogen and oxygen atoms in total. The van der Waals surface area contributed by atoms with Crippen molar-refractivity contribution in [1.29, 1.82) is 0 Å². The van der Waals surface area contributed by atoms with Gasteiger partial charge in [-0.2, -0.15) is 0 Å². The lowest BCUT2D eigenvalue weighted by Gasteiger charge is -2.11. The van der Waals surface area contributed by atoms with E-state index in [1.807, 2.05) is 72.0 Å². The van der Waals surface area contributed by atoms with Gasteiger partial charge in [0.15, 0.2) is 17.5 Å². The van der Waals surface area contributed by atoms with E-state index in [1.165, 1.54) is 25.6 Å². The molecule has 0 atom stereocenters. The summed E-state index contributed by atoms with van der Waals surface area (Å²) in [4.78, 5) is 20.3. The molecular formula is C48H28N4OS. The molecule has 0 aliphatic carbocycles. The molecule has 0 fully saturated rings. The van der Waals surface area contributed by atoms with Crippen molar-refractivity contribution in [2.75, 3.05) is 0 Å². The Morgan fingerprint density at radius 1 is 0.407 bits per heavy atom. The molecule has 0 N–H and O–H groups in total. The minimum atomic E-state index is 0.565. The van der Waals surface area contributed by atoms with Crippen LogP contribution in [0.25, 0.3) is 110 Å². The first-order valence-electron chi connectivity index (χ1n) is 17.9. The van der Waals surface area contributed by atoms with E-state index in [1.54, 1.807) is 0 Å². The Kier molecular flexibility index (Phi) is 6.97. The van der Waals surface area contributed by atoms with Crippen molar-refractivity contribution in [3.63, 3.8) is 0 Å². The molecule has 252 valence electrons. The van der Waals surface area contributed by atoms with E-state index >= 15 is 0 Å². The number of thiophene rings is 1. The summed E-state index contributed by atoms with van der Waals surface area (Å²) >= 11 is 1.84. The van der Waals surface area contributed by atoms with Gasteiger partial charge < -0.3 is 4.42 Å². The molecule has 6 heteroatoms. The molecule has 0 saturated carbocycles. The second kappa shape index (κ2) is 12.3. The zero-order chi connectivity index (χ0) is 35.6. The molecule has 0 bridgehead atoms. The van der Waals surface area contributed by atoms with E-state index < -0.39 is 0 Å². The van der Waals surface area contributed by atoms with Gasteiger partial charge in [-0.1, -0.05) is 140 Å². The summed E-state index contributed by atoms with van der Waals surface area (Å²) < 4.78 is 8.93. The summed E-state index contributed by atoms with van der Waals surface area (Å²) in [6.45, 7) is 0. The van der Waals surface area contributed by atoms with Gasteiger partial charge in [-0.3, -0.25) is 0 Å². The molecule has 0 unspecified atom stereocenters. The fourth-order valence-electron chi connectivity index (χ4n) is 7.54. The van der Waals surface area contributed by atoms with Gasteiger partial charge in [-0.15, -0.1) is 11.3 Å². The van der Waals surface area contributed by atoms with Crippen molar-refractivity contribution in [3.05, 3.63) is 170 Å². The van der Waals surface area contributed by atoms with Gasteiger partial charge in [-0.25, -0.2) is 19.9 Å². The average molecular weight is 709 g/mol. The molecule has 0 radical (unpaired) electrons. The van der Waals surface area contributed by atoms with Crippen molar-refractivity contribution in [2.45, 2.75) is 0 Å². The van der Waals surface area contributed by atoms with Crippen molar-refractivity contribution in [2.24, 2.45) is 0 Å². The summed E-state index contributed by atoms with van der Waals surface area (Å²) in [6, 6.07) is 58.5. The Morgan fingerprint density at radius 3 is 1.87 bits per heavy atom. The fraction of sp³-hybridized carbons (Fsp3) is 0. The first-order chi connectivity index (χ1) is 26.7. The van der Waals surface area contributed by atoms with E-state index in [9.17, 15) is 0 Å². The third-order valence-corrected chi connectivity index (χ3v) is 11.3. The number of fused-ring (bicyclic) bond motifs is 8. The summed E-state index contributed by atoms with van der Waals surface area (Å²) in [6.07, 6.45) is 0. The van der Waals surface area contributed by atoms with E-state index in [4.69, 9.17) is 24.4 Å². The topological polar surface area (TPSA) is 64.7 Å². The van der Waals surface area contributed by atoms with Crippen LogP contribution in [0.1, 0.15) is 0 Å². The third kappa shape index (κ3) is 4.99. The molecule has 4 aromatic heterocycles. The Labute approximate surface area is 313 Å². The average Bonchev–Trinajstić information content (AvgIpc) is 3.83. The molecule has 0 saturated heterocycles. The van der Waals surface area contributed by atoms with Crippen LogP contribution in [0, 0.1) is 0 Å². The minimum absolute atomic E-state index is 0.565. The summed E-state index contributed by atoms with van der Waals surface area (Å²) in [5, 5.41) is 5.74. The van der Waals surface area contributed by atoms with Gasteiger partial charge in [0.2, 0.25) is 0 Å². The van der Waals surface area contributed by atoms with E-state index in [0.29, 0.717) is 17.5 Å². The molecule has 7 aromatic carbocycles. The Hall–Kier alpha value is -7.02. The number of pyridine rings is 1. The highest BCUT2D eigenvalue weighted by atomic mass is 32.1. The van der Waals surface area contributed by atoms with Gasteiger partial charge >= 0.3 is 0 Å². The number of furan rings is 1. The monoisotopic (exact) mass is 708 g/mol. The normalized spacial score (nSPS) is 11.7. The summed E-state index contributed by atoms with van der Waals surface area (Å²) in [5.41, 5.74) is 9.54. The lowest BCUT2D eigenvalue weighted by atomic mass is 9.98. The van der Waals surface area contributed by atoms with Crippen LogP contribution in [0.2, 0.25) is 0 Å². The maximum absolute atomic E-state index is 6.39. The van der Waals surface area contributed by atoms with Crippen LogP contribution >= 0.6 is 11.3 Å². The van der Waals surface area contributed by atoms with Gasteiger partial charge in [0.1, 0.15) is 11.2 Å². The predicted octanol–water partition coefficient (Wildman–Crippen LogP) is 13.0. The molecule has 11 rings (SSSR count). The smallest absolute Gasteiger partial charge is 0.167 e. The fourth-order valence-corrected chi connectivity index (χ4v) is 8.78. The van der Waals surface area contributed by atoms with Crippen LogP contribution in [-0.4, -0.2) is 19.9 Å². The SMILES string of the molecule is c1ccc(-c2nc(-c3ccc(-c4cccc(-c5nc6ccccc6c6sc7ccccc7c56)c4)cc3)nc(-c3cccc4c3oc3ccccc34)n2)cc1. The van der Waals surface area contributed by atoms with Crippen LogP contribution in [0.4, 0.5) is 0 Å². The van der Waals surface area contributed by atoms with Crippen LogP contribution < -0.4 is 0 Å². The summed E-state index contributed by atoms with van der Waals surface area (Å²) in [5.74, 6) is 1.77. The molecule has 0 aliphatic heterocycles. The second-order valence-electron chi connectivity index (χ2n) is 13.4. The van der Waals surface area contributed by atoms with Gasteiger partial charge in [-0.05, 0) is 41.5 Å². The van der Waals surface area contributed by atoms with Crippen LogP contribution in [-0.2, 0) is 0 Å². The number of rotatable bonds is 5. The van der Waals surface area contributed by atoms with Gasteiger partial charge in [0.25, 0.3) is 0 Å². The van der Waals surface area contributed by atoms with E-state index in [-0.39, 0.29) is 0 Å². The van der Waals surface area contributed by atoms with Crippen molar-refractivity contribution >= 4 is 64.4 Å². The van der Waals surface area contributed by atoms with Crippen molar-refractivity contribution in [1.82, 2.24) is 19.9 Å². The van der Waals surface area contributed by atoms with Crippen LogP contribution in [0.5, 0.6) is 0 Å². The lowest BCUT2D eigenvalue weighted by molar-refractivity contribution is 0.669.